The molecule has 1 saturated carbocycles. The molecule has 41 heavy (non-hydrogen) atoms. The van der Waals surface area contributed by atoms with E-state index in [-0.39, 0.29) is 25.5 Å². The van der Waals surface area contributed by atoms with Gasteiger partial charge in [0.1, 0.15) is 12.4 Å². The number of hydrogen-bond donors (Lipinski definition) is 2. The highest BCUT2D eigenvalue weighted by Crippen LogP contribution is 2.44. The largest absolute Gasteiger partial charge is 0.493 e. The molecule has 3 aromatic rings. The van der Waals surface area contributed by atoms with Gasteiger partial charge >= 0.3 is 12.1 Å². The first kappa shape index (κ1) is 28.2. The zero-order valence-corrected chi connectivity index (χ0v) is 23.1. The van der Waals surface area contributed by atoms with Gasteiger partial charge in [0.25, 0.3) is 0 Å². The number of hydrogen-bond acceptors (Lipinski definition) is 5. The number of carboxylic acids is 1. The van der Waals surface area contributed by atoms with Crippen LogP contribution < -0.4 is 15.0 Å². The van der Waals surface area contributed by atoms with Crippen LogP contribution in [0.15, 0.2) is 66.7 Å². The van der Waals surface area contributed by atoms with Crippen molar-refractivity contribution < 1.29 is 29.0 Å². The Morgan fingerprint density at radius 1 is 0.976 bits per heavy atom. The van der Waals surface area contributed by atoms with Crippen molar-refractivity contribution in [3.8, 4) is 16.9 Å². The maximum absolute atomic E-state index is 13.3. The van der Waals surface area contributed by atoms with Crippen LogP contribution >= 0.6 is 0 Å². The minimum Gasteiger partial charge on any atom is -0.493 e. The number of aliphatic carboxylic acids is 1. The number of carboxylic acid groups (broad SMARTS) is 1. The summed E-state index contributed by atoms with van der Waals surface area (Å²) in [5.41, 5.74) is 6.26. The fraction of sp³-hybridized carbons (Fsp3) is 0.364. The molecule has 0 unspecified atom stereocenters. The van der Waals surface area contributed by atoms with Crippen molar-refractivity contribution in [3.05, 3.63) is 83.4 Å². The van der Waals surface area contributed by atoms with E-state index in [1.165, 1.54) is 18.4 Å². The average Bonchev–Trinajstić information content (AvgIpc) is 3.83. The minimum atomic E-state index is -0.983. The molecule has 0 aromatic heterocycles. The molecule has 1 aliphatic carbocycles. The Hall–Kier alpha value is -4.33. The van der Waals surface area contributed by atoms with Crippen LogP contribution in [0, 0.1) is 0 Å². The summed E-state index contributed by atoms with van der Waals surface area (Å²) < 4.78 is 11.3. The zero-order chi connectivity index (χ0) is 28.6. The summed E-state index contributed by atoms with van der Waals surface area (Å²) >= 11 is 0. The number of benzene rings is 3. The van der Waals surface area contributed by atoms with Gasteiger partial charge in [0.05, 0.1) is 13.0 Å². The summed E-state index contributed by atoms with van der Waals surface area (Å²) in [4.78, 5) is 37.7. The third-order valence-corrected chi connectivity index (χ3v) is 7.50. The third-order valence-electron chi connectivity index (χ3n) is 7.50. The highest BCUT2D eigenvalue weighted by molar-refractivity contribution is 5.96. The lowest BCUT2D eigenvalue weighted by molar-refractivity contribution is -0.136. The van der Waals surface area contributed by atoms with Gasteiger partial charge in [-0.05, 0) is 84.0 Å². The van der Waals surface area contributed by atoms with Crippen LogP contribution in [0.5, 0.6) is 5.75 Å². The van der Waals surface area contributed by atoms with E-state index in [0.29, 0.717) is 31.9 Å². The third kappa shape index (κ3) is 7.45. The van der Waals surface area contributed by atoms with E-state index in [1.54, 1.807) is 0 Å². The van der Waals surface area contributed by atoms with Gasteiger partial charge in [-0.1, -0.05) is 48.5 Å². The summed E-state index contributed by atoms with van der Waals surface area (Å²) in [6, 6.07) is 22.1. The van der Waals surface area contributed by atoms with Crippen LogP contribution in [-0.2, 0) is 27.4 Å². The molecule has 0 saturated heterocycles. The smallest absolute Gasteiger partial charge is 0.407 e. The Morgan fingerprint density at radius 3 is 2.63 bits per heavy atom. The summed E-state index contributed by atoms with van der Waals surface area (Å²) in [5.74, 6) is 0.693. The van der Waals surface area contributed by atoms with Gasteiger partial charge in [0, 0.05) is 25.2 Å². The monoisotopic (exact) mass is 556 g/mol. The second-order valence-corrected chi connectivity index (χ2v) is 10.6. The van der Waals surface area contributed by atoms with Gasteiger partial charge in [0.15, 0.2) is 0 Å². The molecule has 1 heterocycles. The number of ether oxygens (including phenoxy) is 2. The molecule has 0 atom stereocenters. The Balaban J connectivity index is 1.19. The standard InChI is InChI=1S/C33H36N2O6/c36-31(14-6-20-40-30-13-2-1-9-27(30)24-15-16-24)35-19-5-11-28-26(10-4-12-29(28)35)25-8-3-7-23(21-25)22-41-33(39)34-18-17-32(37)38/h1-4,7-10,12-13,21,24H,5-6,11,14-20,22H2,(H,34,39)(H,37,38). The molecule has 0 radical (unpaired) electrons. The Bertz CT molecular complexity index is 1400. The Labute approximate surface area is 240 Å². The van der Waals surface area contributed by atoms with Crippen molar-refractivity contribution >= 4 is 23.7 Å². The maximum Gasteiger partial charge on any atom is 0.407 e. The molecular formula is C33H36N2O6. The fourth-order valence-electron chi connectivity index (χ4n) is 5.34. The van der Waals surface area contributed by atoms with E-state index >= 15 is 0 Å². The number of alkyl carbamates (subject to hydrolysis) is 1. The molecule has 1 fully saturated rings. The number of carbonyl (C=O) groups is 3. The molecule has 2 N–H and O–H groups in total. The molecule has 2 aliphatic rings. The summed E-state index contributed by atoms with van der Waals surface area (Å²) in [5, 5.41) is 11.1. The van der Waals surface area contributed by atoms with Crippen molar-refractivity contribution in [2.45, 2.75) is 57.5 Å². The van der Waals surface area contributed by atoms with Crippen LogP contribution in [0.2, 0.25) is 0 Å². The molecule has 2 amide bonds. The van der Waals surface area contributed by atoms with Crippen molar-refractivity contribution in [1.29, 1.82) is 0 Å². The second-order valence-electron chi connectivity index (χ2n) is 10.6. The molecule has 5 rings (SSSR count). The van der Waals surface area contributed by atoms with Crippen LogP contribution in [0.4, 0.5) is 10.5 Å². The molecule has 3 aromatic carbocycles. The fourth-order valence-corrected chi connectivity index (χ4v) is 5.34. The van der Waals surface area contributed by atoms with E-state index in [9.17, 15) is 14.4 Å². The van der Waals surface area contributed by atoms with Crippen LogP contribution in [-0.4, -0.2) is 42.8 Å². The molecular weight excluding hydrogens is 520 g/mol. The Morgan fingerprint density at radius 2 is 1.80 bits per heavy atom. The van der Waals surface area contributed by atoms with E-state index in [1.807, 2.05) is 53.4 Å². The molecule has 0 bridgehead atoms. The molecule has 214 valence electrons. The number of fused-ring (bicyclic) bond motifs is 1. The van der Waals surface area contributed by atoms with Gasteiger partial charge in [-0.15, -0.1) is 0 Å². The first-order valence-corrected chi connectivity index (χ1v) is 14.4. The highest BCUT2D eigenvalue weighted by Gasteiger charge is 2.27. The lowest BCUT2D eigenvalue weighted by Crippen LogP contribution is -2.35. The van der Waals surface area contributed by atoms with Crippen LogP contribution in [0.1, 0.15) is 61.1 Å². The number of amides is 2. The number of anilines is 1. The normalized spacial score (nSPS) is 14.2. The van der Waals surface area contributed by atoms with Gasteiger partial charge in [0.2, 0.25) is 5.91 Å². The number of rotatable bonds is 12. The van der Waals surface area contributed by atoms with E-state index in [4.69, 9.17) is 14.6 Å². The molecule has 1 aliphatic heterocycles. The van der Waals surface area contributed by atoms with Gasteiger partial charge < -0.3 is 24.8 Å². The van der Waals surface area contributed by atoms with Crippen LogP contribution in [0.3, 0.4) is 0 Å². The van der Waals surface area contributed by atoms with Gasteiger partial charge in [-0.25, -0.2) is 4.79 Å². The summed E-state index contributed by atoms with van der Waals surface area (Å²) in [7, 11) is 0. The summed E-state index contributed by atoms with van der Waals surface area (Å²) in [6.45, 7) is 1.30. The van der Waals surface area contributed by atoms with E-state index < -0.39 is 12.1 Å². The quantitative estimate of drug-likeness (QED) is 0.262. The predicted octanol–water partition coefficient (Wildman–Crippen LogP) is 6.07. The molecule has 8 nitrogen and oxygen atoms in total. The van der Waals surface area contributed by atoms with Gasteiger partial charge in [-0.3, -0.25) is 9.59 Å². The number of nitrogens with one attached hydrogen (secondary N) is 1. The zero-order valence-electron chi connectivity index (χ0n) is 23.1. The highest BCUT2D eigenvalue weighted by atomic mass is 16.5. The lowest BCUT2D eigenvalue weighted by atomic mass is 9.91. The van der Waals surface area contributed by atoms with Crippen molar-refractivity contribution in [1.82, 2.24) is 5.32 Å². The second kappa shape index (κ2) is 13.4. The van der Waals surface area contributed by atoms with E-state index in [0.717, 1.165) is 46.5 Å². The first-order valence-electron chi connectivity index (χ1n) is 14.4. The molecule has 0 spiro atoms. The van der Waals surface area contributed by atoms with E-state index in [2.05, 4.69) is 23.5 Å². The Kier molecular flexibility index (Phi) is 9.19. The molecule has 8 heteroatoms. The van der Waals surface area contributed by atoms with Crippen molar-refractivity contribution in [3.63, 3.8) is 0 Å². The number of carbonyl (C=O) groups excluding carboxylic acids is 2. The summed E-state index contributed by atoms with van der Waals surface area (Å²) in [6.07, 6.45) is 4.49. The lowest BCUT2D eigenvalue weighted by Gasteiger charge is -2.31. The predicted molar refractivity (Wildman–Crippen MR) is 156 cm³/mol. The topological polar surface area (TPSA) is 105 Å². The SMILES string of the molecule is O=C(O)CCNC(=O)OCc1cccc(-c2cccc3c2CCCN3C(=O)CCCOc2ccccc2C2CC2)c1. The van der Waals surface area contributed by atoms with Crippen LogP contribution in [0.25, 0.3) is 11.1 Å². The average molecular weight is 557 g/mol. The number of para-hydroxylation sites is 1. The van der Waals surface area contributed by atoms with Crippen molar-refractivity contribution in [2.24, 2.45) is 0 Å². The minimum absolute atomic E-state index is 0.0149. The maximum atomic E-state index is 13.3. The first-order chi connectivity index (χ1) is 20.0. The van der Waals surface area contributed by atoms with Crippen molar-refractivity contribution in [2.75, 3.05) is 24.6 Å². The number of nitrogens with zero attached hydrogens (tertiary/aromatic N) is 1. The van der Waals surface area contributed by atoms with Gasteiger partial charge in [-0.2, -0.15) is 0 Å².